The summed E-state index contributed by atoms with van der Waals surface area (Å²) >= 11 is 5.95. The first-order valence-corrected chi connectivity index (χ1v) is 7.74. The standard InChI is InChI=1S/C16H20ClN3O2/c1-22-10-14(11-3-5-12(17)6-4-11)19-13-9-15(21)16(13)20-8-2-7-18-20/h2-8,13-16,19,21H,9-10H2,1H3/t13-,14?,15+,16+/m0/s1. The van der Waals surface area contributed by atoms with Crippen LogP contribution in [0.3, 0.4) is 0 Å². The van der Waals surface area contributed by atoms with E-state index in [2.05, 4.69) is 10.4 Å². The van der Waals surface area contributed by atoms with Crippen LogP contribution in [0.5, 0.6) is 0 Å². The largest absolute Gasteiger partial charge is 0.391 e. The molecule has 1 saturated carbocycles. The van der Waals surface area contributed by atoms with Gasteiger partial charge in [-0.3, -0.25) is 4.68 Å². The Kier molecular flexibility index (Phi) is 4.78. The maximum absolute atomic E-state index is 10.1. The van der Waals surface area contributed by atoms with Crippen molar-refractivity contribution in [1.82, 2.24) is 15.1 Å². The number of methoxy groups -OCH3 is 1. The van der Waals surface area contributed by atoms with E-state index in [9.17, 15) is 5.11 Å². The molecule has 2 N–H and O–H groups in total. The summed E-state index contributed by atoms with van der Waals surface area (Å²) in [6.07, 6.45) is 3.95. The fourth-order valence-corrected chi connectivity index (χ4v) is 3.08. The highest BCUT2D eigenvalue weighted by molar-refractivity contribution is 6.30. The molecule has 1 aromatic heterocycles. The van der Waals surface area contributed by atoms with E-state index in [0.717, 1.165) is 5.56 Å². The van der Waals surface area contributed by atoms with Crippen LogP contribution in [0.2, 0.25) is 5.02 Å². The Balaban J connectivity index is 1.72. The number of benzene rings is 1. The van der Waals surface area contributed by atoms with Gasteiger partial charge in [0.05, 0.1) is 24.8 Å². The molecular weight excluding hydrogens is 302 g/mol. The number of rotatable bonds is 6. The Labute approximate surface area is 134 Å². The molecule has 5 nitrogen and oxygen atoms in total. The van der Waals surface area contributed by atoms with Crippen molar-refractivity contribution >= 4 is 11.6 Å². The van der Waals surface area contributed by atoms with Gasteiger partial charge in [-0.15, -0.1) is 0 Å². The molecule has 118 valence electrons. The van der Waals surface area contributed by atoms with E-state index >= 15 is 0 Å². The third-order valence-electron chi connectivity index (χ3n) is 4.15. The molecule has 0 radical (unpaired) electrons. The van der Waals surface area contributed by atoms with Gasteiger partial charge < -0.3 is 15.2 Å². The van der Waals surface area contributed by atoms with Crippen molar-refractivity contribution in [3.05, 3.63) is 53.3 Å². The van der Waals surface area contributed by atoms with E-state index in [1.54, 1.807) is 13.3 Å². The summed E-state index contributed by atoms with van der Waals surface area (Å²) in [5, 5.41) is 18.6. The third kappa shape index (κ3) is 3.17. The lowest BCUT2D eigenvalue weighted by Crippen LogP contribution is -2.55. The van der Waals surface area contributed by atoms with Crippen molar-refractivity contribution in [3.8, 4) is 0 Å². The van der Waals surface area contributed by atoms with Gasteiger partial charge in [0.1, 0.15) is 0 Å². The lowest BCUT2D eigenvalue weighted by Gasteiger charge is -2.43. The number of halogens is 1. The van der Waals surface area contributed by atoms with Gasteiger partial charge in [0, 0.05) is 30.6 Å². The molecule has 0 bridgehead atoms. The van der Waals surface area contributed by atoms with Gasteiger partial charge in [0.25, 0.3) is 0 Å². The van der Waals surface area contributed by atoms with Crippen LogP contribution in [0.4, 0.5) is 0 Å². The zero-order valence-corrected chi connectivity index (χ0v) is 13.1. The summed E-state index contributed by atoms with van der Waals surface area (Å²) in [7, 11) is 1.69. The molecule has 1 aliphatic carbocycles. The molecule has 0 aliphatic heterocycles. The molecule has 2 aromatic rings. The van der Waals surface area contributed by atoms with Crippen molar-refractivity contribution in [1.29, 1.82) is 0 Å². The van der Waals surface area contributed by atoms with E-state index in [0.29, 0.717) is 18.1 Å². The van der Waals surface area contributed by atoms with E-state index in [1.807, 2.05) is 41.2 Å². The summed E-state index contributed by atoms with van der Waals surface area (Å²) in [5.41, 5.74) is 1.12. The van der Waals surface area contributed by atoms with Crippen molar-refractivity contribution in [2.45, 2.75) is 30.7 Å². The predicted octanol–water partition coefficient (Wildman–Crippen LogP) is 2.19. The number of ether oxygens (including phenoxy) is 1. The van der Waals surface area contributed by atoms with Gasteiger partial charge in [-0.05, 0) is 30.2 Å². The monoisotopic (exact) mass is 321 g/mol. The van der Waals surface area contributed by atoms with Gasteiger partial charge in [-0.1, -0.05) is 23.7 Å². The molecular formula is C16H20ClN3O2. The van der Waals surface area contributed by atoms with E-state index in [-0.39, 0.29) is 24.2 Å². The highest BCUT2D eigenvalue weighted by Gasteiger charge is 2.42. The first-order chi connectivity index (χ1) is 10.7. The maximum atomic E-state index is 10.1. The Morgan fingerprint density at radius 2 is 2.23 bits per heavy atom. The molecule has 1 aliphatic rings. The Hall–Kier alpha value is -1.40. The van der Waals surface area contributed by atoms with Crippen LogP contribution in [0.1, 0.15) is 24.1 Å². The average Bonchev–Trinajstić information content (AvgIpc) is 3.00. The van der Waals surface area contributed by atoms with Crippen molar-refractivity contribution < 1.29 is 9.84 Å². The number of aliphatic hydroxyl groups is 1. The minimum atomic E-state index is -0.370. The number of hydrogen-bond donors (Lipinski definition) is 2. The minimum absolute atomic E-state index is 0.0401. The van der Waals surface area contributed by atoms with Gasteiger partial charge in [-0.2, -0.15) is 5.10 Å². The first kappa shape index (κ1) is 15.5. The van der Waals surface area contributed by atoms with E-state index in [4.69, 9.17) is 16.3 Å². The first-order valence-electron chi connectivity index (χ1n) is 7.36. The van der Waals surface area contributed by atoms with Crippen molar-refractivity contribution in [3.63, 3.8) is 0 Å². The Bertz CT molecular complexity index is 588. The molecule has 4 atom stereocenters. The highest BCUT2D eigenvalue weighted by atomic mass is 35.5. The van der Waals surface area contributed by atoms with Gasteiger partial charge in [0.15, 0.2) is 0 Å². The lowest BCUT2D eigenvalue weighted by atomic mass is 9.82. The van der Waals surface area contributed by atoms with Crippen molar-refractivity contribution in [2.24, 2.45) is 0 Å². The highest BCUT2D eigenvalue weighted by Crippen LogP contribution is 2.34. The number of aliphatic hydroxyl groups excluding tert-OH is 1. The maximum Gasteiger partial charge on any atom is 0.0932 e. The Morgan fingerprint density at radius 3 is 2.82 bits per heavy atom. The molecule has 1 aromatic carbocycles. The molecule has 22 heavy (non-hydrogen) atoms. The summed E-state index contributed by atoms with van der Waals surface area (Å²) in [6, 6.07) is 9.79. The molecule has 0 spiro atoms. The molecule has 1 unspecified atom stereocenters. The number of nitrogens with one attached hydrogen (secondary N) is 1. The molecule has 3 rings (SSSR count). The van der Waals surface area contributed by atoms with Crippen LogP contribution in [0.25, 0.3) is 0 Å². The third-order valence-corrected chi connectivity index (χ3v) is 4.41. The van der Waals surface area contributed by atoms with E-state index in [1.165, 1.54) is 0 Å². The molecule has 0 saturated heterocycles. The summed E-state index contributed by atoms with van der Waals surface area (Å²) < 4.78 is 7.15. The smallest absolute Gasteiger partial charge is 0.0932 e. The summed E-state index contributed by atoms with van der Waals surface area (Å²) in [5.74, 6) is 0. The van der Waals surface area contributed by atoms with Crippen LogP contribution in [-0.2, 0) is 4.74 Å². The minimum Gasteiger partial charge on any atom is -0.391 e. The summed E-state index contributed by atoms with van der Waals surface area (Å²) in [6.45, 7) is 0.556. The van der Waals surface area contributed by atoms with Crippen molar-refractivity contribution in [2.75, 3.05) is 13.7 Å². The Morgan fingerprint density at radius 1 is 1.45 bits per heavy atom. The summed E-state index contributed by atoms with van der Waals surface area (Å²) in [4.78, 5) is 0. The lowest BCUT2D eigenvalue weighted by molar-refractivity contribution is -0.0156. The topological polar surface area (TPSA) is 59.3 Å². The molecule has 1 heterocycles. The van der Waals surface area contributed by atoms with Gasteiger partial charge in [-0.25, -0.2) is 0 Å². The number of hydrogen-bond acceptors (Lipinski definition) is 4. The molecule has 0 amide bonds. The number of aromatic nitrogens is 2. The predicted molar refractivity (Wildman–Crippen MR) is 84.9 cm³/mol. The fraction of sp³-hybridized carbons (Fsp3) is 0.438. The fourth-order valence-electron chi connectivity index (χ4n) is 2.96. The van der Waals surface area contributed by atoms with Crippen LogP contribution in [0, 0.1) is 0 Å². The van der Waals surface area contributed by atoms with Gasteiger partial charge in [0.2, 0.25) is 0 Å². The number of nitrogens with zero attached hydrogens (tertiary/aromatic N) is 2. The van der Waals surface area contributed by atoms with Gasteiger partial charge >= 0.3 is 0 Å². The van der Waals surface area contributed by atoms with E-state index < -0.39 is 0 Å². The molecule has 1 fully saturated rings. The zero-order valence-electron chi connectivity index (χ0n) is 12.4. The van der Waals surface area contributed by atoms with Crippen LogP contribution < -0.4 is 5.32 Å². The van der Waals surface area contributed by atoms with Crippen LogP contribution in [-0.4, -0.2) is 40.7 Å². The van der Waals surface area contributed by atoms with Crippen LogP contribution in [0.15, 0.2) is 42.7 Å². The second-order valence-electron chi connectivity index (χ2n) is 5.61. The average molecular weight is 322 g/mol. The normalized spacial score (nSPS) is 25.7. The molecule has 6 heteroatoms. The van der Waals surface area contributed by atoms with Crippen LogP contribution >= 0.6 is 11.6 Å². The second-order valence-corrected chi connectivity index (χ2v) is 6.05. The second kappa shape index (κ2) is 6.79. The quantitative estimate of drug-likeness (QED) is 0.856. The SMILES string of the molecule is COCC(N[C@H]1C[C@@H](O)[C@@H]1n1cccn1)c1ccc(Cl)cc1. The zero-order chi connectivity index (χ0) is 15.5.